The summed E-state index contributed by atoms with van der Waals surface area (Å²) in [7, 11) is -10.7. The molecule has 44 heavy (non-hydrogen) atoms. The Morgan fingerprint density at radius 3 is 2.39 bits per heavy atom. The van der Waals surface area contributed by atoms with Crippen LogP contribution in [0.2, 0.25) is 0 Å². The number of carbonyl (C=O) groups excluding carboxylic acids is 1. The van der Waals surface area contributed by atoms with Crippen LogP contribution in [0.15, 0.2) is 37.2 Å². The van der Waals surface area contributed by atoms with Crippen LogP contribution in [0.5, 0.6) is 0 Å². The predicted molar refractivity (Wildman–Crippen MR) is 141 cm³/mol. The molecular weight excluding hydrogens is 634 g/mol. The minimum Gasteiger partial charge on any atom is -0.387 e. The maximum absolute atomic E-state index is 12.5. The van der Waals surface area contributed by atoms with E-state index in [2.05, 4.69) is 19.3 Å². The zero-order valence-corrected chi connectivity index (χ0v) is 24.2. The molecule has 1 amide bonds. The number of aliphatic hydroxyl groups is 3. The number of nitrogens with two attached hydrogens (primary N) is 3. The van der Waals surface area contributed by atoms with E-state index in [9.17, 15) is 39.0 Å². The molecule has 10 atom stereocenters. The third-order valence-electron chi connectivity index (χ3n) is 6.84. The number of primary amides is 1. The minimum atomic E-state index is -5.34. The molecule has 0 spiro atoms. The normalized spacial score (nSPS) is 31.6. The van der Waals surface area contributed by atoms with Crippen molar-refractivity contribution in [1.82, 2.24) is 19.5 Å². The van der Waals surface area contributed by atoms with Gasteiger partial charge in [-0.3, -0.25) is 18.4 Å². The van der Waals surface area contributed by atoms with E-state index in [1.807, 2.05) is 0 Å². The van der Waals surface area contributed by atoms with E-state index in [1.54, 1.807) is 0 Å². The number of fused-ring (bicyclic) bond motifs is 1. The third-order valence-corrected chi connectivity index (χ3v) is 9.44. The third kappa shape index (κ3) is 6.65. The summed E-state index contributed by atoms with van der Waals surface area (Å²) in [6.45, 7) is -1.65. The van der Waals surface area contributed by atoms with Gasteiger partial charge in [0.25, 0.3) is 12.1 Å². The smallest absolute Gasteiger partial charge is 0.387 e. The number of pyridine rings is 1. The molecule has 2 saturated heterocycles. The molecule has 21 nitrogen and oxygen atoms in total. The number of nitrogen functional groups attached to an aromatic ring is 1. The van der Waals surface area contributed by atoms with Crippen molar-refractivity contribution in [3.63, 3.8) is 0 Å². The minimum absolute atomic E-state index is 0.0772. The number of hydrogen-bond acceptors (Lipinski definition) is 16. The molecule has 2 unspecified atom stereocenters. The molecule has 3 aromatic rings. The molecule has 240 valence electrons. The quantitative estimate of drug-likeness (QED) is 0.0746. The average molecular weight is 663 g/mol. The maximum atomic E-state index is 12.5. The molecule has 2 aliphatic rings. The fourth-order valence-corrected chi connectivity index (χ4v) is 6.71. The van der Waals surface area contributed by atoms with Crippen LogP contribution in [0.25, 0.3) is 11.2 Å². The molecule has 0 aliphatic carbocycles. The lowest BCUT2D eigenvalue weighted by Crippen LogP contribution is -2.46. The Bertz CT molecular complexity index is 1630. The summed E-state index contributed by atoms with van der Waals surface area (Å²) >= 11 is 0. The molecule has 5 rings (SSSR count). The van der Waals surface area contributed by atoms with Crippen LogP contribution in [0.1, 0.15) is 22.8 Å². The van der Waals surface area contributed by atoms with Crippen molar-refractivity contribution < 1.29 is 66.4 Å². The summed E-state index contributed by atoms with van der Waals surface area (Å²) < 4.78 is 52.5. The van der Waals surface area contributed by atoms with Gasteiger partial charge in [0.2, 0.25) is 0 Å². The summed E-state index contributed by atoms with van der Waals surface area (Å²) in [4.78, 5) is 43.5. The molecule has 5 heterocycles. The first-order chi connectivity index (χ1) is 20.7. The van der Waals surface area contributed by atoms with Gasteiger partial charge in [0.15, 0.2) is 36.2 Å². The number of phosphoric acid groups is 2. The van der Waals surface area contributed by atoms with Gasteiger partial charge in [0.1, 0.15) is 41.8 Å². The number of aliphatic hydroxyl groups excluding tert-OH is 3. The average Bonchev–Trinajstić information content (AvgIpc) is 3.61. The number of carbonyl (C=O) groups is 1. The highest BCUT2D eigenvalue weighted by atomic mass is 31.3. The zero-order valence-electron chi connectivity index (χ0n) is 22.4. The van der Waals surface area contributed by atoms with E-state index in [1.165, 1.54) is 46.3 Å². The van der Waals surface area contributed by atoms with Crippen LogP contribution in [-0.2, 0) is 32.0 Å². The monoisotopic (exact) mass is 663 g/mol. The molecule has 0 saturated carbocycles. The van der Waals surface area contributed by atoms with Crippen molar-refractivity contribution in [2.45, 2.75) is 49.0 Å². The Labute approximate surface area is 246 Å². The first-order valence-electron chi connectivity index (χ1n) is 12.7. The highest BCUT2D eigenvalue weighted by Crippen LogP contribution is 2.60. The van der Waals surface area contributed by atoms with Crippen molar-refractivity contribution in [3.8, 4) is 0 Å². The molecule has 23 heteroatoms. The number of ether oxygens (including phenoxy) is 2. The van der Waals surface area contributed by atoms with Gasteiger partial charge in [0, 0.05) is 6.07 Å². The van der Waals surface area contributed by atoms with E-state index in [4.69, 9.17) is 35.7 Å². The van der Waals surface area contributed by atoms with Crippen LogP contribution < -0.4 is 21.8 Å². The van der Waals surface area contributed by atoms with Gasteiger partial charge in [-0.2, -0.15) is 8.88 Å². The highest BCUT2D eigenvalue weighted by Gasteiger charge is 2.50. The number of anilines is 1. The number of hydrogen-bond donors (Lipinski definition) is 8. The zero-order chi connectivity index (χ0) is 32.0. The van der Waals surface area contributed by atoms with E-state index >= 15 is 0 Å². The number of imidazole rings is 1. The first kappa shape index (κ1) is 32.4. The van der Waals surface area contributed by atoms with E-state index < -0.39 is 83.8 Å². The summed E-state index contributed by atoms with van der Waals surface area (Å²) in [5.74, 6) is -0.676. The van der Waals surface area contributed by atoms with Crippen molar-refractivity contribution in [1.29, 1.82) is 0 Å². The van der Waals surface area contributed by atoms with Gasteiger partial charge in [-0.25, -0.2) is 24.1 Å². The van der Waals surface area contributed by atoms with Crippen molar-refractivity contribution in [3.05, 3.63) is 42.7 Å². The molecule has 2 fully saturated rings. The predicted octanol–water partition coefficient (Wildman–Crippen LogP) is -3.05. The Kier molecular flexibility index (Phi) is 9.13. The molecule has 0 aromatic carbocycles. The summed E-state index contributed by atoms with van der Waals surface area (Å²) in [6, 6.07) is 1.69. The fraction of sp³-hybridized carbons (Fsp3) is 0.476. The molecule has 0 bridgehead atoms. The number of phosphoric ester groups is 2. The van der Waals surface area contributed by atoms with Gasteiger partial charge in [-0.05, 0) is 6.07 Å². The Morgan fingerprint density at radius 2 is 1.70 bits per heavy atom. The SMILES string of the molecule is NC(=O)c1ccc[n+]([C@@H]2O[C@H](COP(=O)(O)OP(=O)(O)OC[C@H]3O[C@@H](n4cnc5c(N)ncnc54)[C@H](O)[C@@H]3N)[C@@H](O)[C@H]2O)c1. The summed E-state index contributed by atoms with van der Waals surface area (Å²) in [5.41, 5.74) is 17.6. The van der Waals surface area contributed by atoms with Gasteiger partial charge < -0.3 is 51.8 Å². The molecule has 0 radical (unpaired) electrons. The van der Waals surface area contributed by atoms with Crippen LogP contribution >= 0.6 is 15.6 Å². The number of aromatic nitrogens is 5. The second-order valence-corrected chi connectivity index (χ2v) is 12.8. The Hall–Kier alpha value is -3.01. The maximum Gasteiger partial charge on any atom is 0.481 e. The van der Waals surface area contributed by atoms with Crippen LogP contribution in [-0.4, -0.2) is 100 Å². The van der Waals surface area contributed by atoms with Crippen LogP contribution in [0.3, 0.4) is 0 Å². The standard InChI is InChI=1S/C21H28N8O13P2/c22-12-10(40-21(15(12)31)29-8-27-13-17(23)25-7-26-19(13)29)5-38-43(34,35)42-44(36,37)39-6-11-14(30)16(32)20(41-11)28-3-1-2-9(4-28)18(24)33/h1-4,7-8,10-12,14-16,20-21,30-32H,5-6,22H2,(H5-,23,24,25,26,33,34,35,36,37)/p+1/t10-,11-,12-,14-,15-,16-,20-,21-/m1/s1. The van der Waals surface area contributed by atoms with Crippen LogP contribution in [0, 0.1) is 0 Å². The largest absolute Gasteiger partial charge is 0.481 e. The Balaban J connectivity index is 1.16. The topological polar surface area (TPSA) is 324 Å². The molecule has 3 aromatic heterocycles. The molecular formula is C21H29N8O13P2+. The fourth-order valence-electron chi connectivity index (χ4n) is 4.62. The number of nitrogens with zero attached hydrogens (tertiary/aromatic N) is 5. The van der Waals surface area contributed by atoms with Gasteiger partial charge in [-0.1, -0.05) is 0 Å². The number of amides is 1. The lowest BCUT2D eigenvalue weighted by atomic mass is 10.1. The van der Waals surface area contributed by atoms with Crippen LogP contribution in [0.4, 0.5) is 5.82 Å². The second-order valence-electron chi connectivity index (χ2n) is 9.78. The number of rotatable bonds is 11. The van der Waals surface area contributed by atoms with Crippen molar-refractivity contribution >= 4 is 38.5 Å². The van der Waals surface area contributed by atoms with Crippen molar-refractivity contribution in [2.75, 3.05) is 18.9 Å². The lowest BCUT2D eigenvalue weighted by Gasteiger charge is -2.20. The second kappa shape index (κ2) is 12.4. The van der Waals surface area contributed by atoms with Gasteiger partial charge in [0.05, 0.1) is 25.6 Å². The highest BCUT2D eigenvalue weighted by molar-refractivity contribution is 7.61. The first-order valence-corrected chi connectivity index (χ1v) is 15.7. The van der Waals surface area contributed by atoms with Crippen molar-refractivity contribution in [2.24, 2.45) is 11.5 Å². The lowest BCUT2D eigenvalue weighted by molar-refractivity contribution is -0.765. The summed E-state index contributed by atoms with van der Waals surface area (Å²) in [6.07, 6.45) is -4.46. The van der Waals surface area contributed by atoms with E-state index in [0.29, 0.717) is 0 Å². The van der Waals surface area contributed by atoms with E-state index in [-0.39, 0.29) is 22.5 Å². The Morgan fingerprint density at radius 1 is 1.02 bits per heavy atom. The van der Waals surface area contributed by atoms with Gasteiger partial charge >= 0.3 is 15.6 Å². The molecule has 2 aliphatic heterocycles. The molecule has 11 N–H and O–H groups in total. The summed E-state index contributed by atoms with van der Waals surface area (Å²) in [5, 5.41) is 31.4. The van der Waals surface area contributed by atoms with Gasteiger partial charge in [-0.15, -0.1) is 0 Å². The van der Waals surface area contributed by atoms with E-state index in [0.717, 1.165) is 0 Å².